The van der Waals surface area contributed by atoms with Crippen LogP contribution >= 0.6 is 35.3 Å². The highest BCUT2D eigenvalue weighted by atomic mass is 32.2. The average Bonchev–Trinajstić information content (AvgIpc) is 1.73. The van der Waals surface area contributed by atoms with E-state index in [1.165, 1.54) is 19.6 Å². The Morgan fingerprint density at radius 2 is 0.946 bits per heavy atom. The van der Waals surface area contributed by atoms with Gasteiger partial charge in [-0.2, -0.15) is 35.3 Å². The number of nitrogens with two attached hydrogens (primary N) is 7. The van der Waals surface area contributed by atoms with Crippen LogP contribution in [0.4, 0.5) is 0 Å². The zero-order valence-corrected chi connectivity index (χ0v) is 86.8. The summed E-state index contributed by atoms with van der Waals surface area (Å²) in [6, 6.07) is -6.64. The Labute approximate surface area is 875 Å². The van der Waals surface area contributed by atoms with Crippen LogP contribution in [0.3, 0.4) is 0 Å². The number of fused-ring (bicyclic) bond motifs is 9. The van der Waals surface area contributed by atoms with E-state index in [1.54, 1.807) is 88.5 Å². The van der Waals surface area contributed by atoms with Gasteiger partial charge in [0, 0.05) is 129 Å². The summed E-state index contributed by atoms with van der Waals surface area (Å²) in [4.78, 5) is 276. The number of carboxylic acid groups (broad SMARTS) is 1. The number of rotatable bonds is 38. The highest BCUT2D eigenvalue weighted by molar-refractivity contribution is 7.99. The Kier molecular flexibility index (Phi) is 51.3. The van der Waals surface area contributed by atoms with E-state index in [0.717, 1.165) is 35.3 Å². The number of hydrogen-bond donors (Lipinski definition) is 31. The van der Waals surface area contributed by atoms with E-state index < -0.39 is 284 Å². The predicted molar refractivity (Wildman–Crippen MR) is 560 cm³/mol. The molecule has 53 nitrogen and oxygen atoms in total. The molecule has 0 aliphatic carbocycles. The second kappa shape index (κ2) is 62.8. The molecule has 2 aromatic carbocycles. The first kappa shape index (κ1) is 122. The van der Waals surface area contributed by atoms with Crippen molar-refractivity contribution in [1.82, 2.24) is 115 Å². The molecule has 1 aromatic heterocycles. The number of benzene rings is 2. The number of guanidine groups is 5. The molecule has 0 unspecified atom stereocenters. The number of aliphatic carboxylic acids is 1. The quantitative estimate of drug-likeness (QED) is 0.0144. The Morgan fingerprint density at radius 3 is 1.46 bits per heavy atom. The fraction of sp³-hybridized carbons (Fsp3) is 0.602. The van der Waals surface area contributed by atoms with E-state index in [-0.39, 0.29) is 177 Å². The maximum absolute atomic E-state index is 15.5. The maximum Gasteiger partial charge on any atom is 0.326 e. The SMILES string of the molecule is CC[C@H](C)[C@@H]1NC(=O)[C@H](CCCNC(=N)N)NC(=O)[C@H](Cc2ccccc2)NC(=O)[C@@H](NC(=O)[C@@H](N)CCCNC(=N)N)CSCCC(=O)N2CN3CN(C2)C(=O)CCSC[C@H](NC(=O)[C@@H]2CCCN2C1=O)C(=O)N[C@@H](CCCNC(=N)N)C(=O)N[C@@H](CCC(N)=O)C(=O)N[C@@H](CC(C)C)C(=O)N[C@@H](CCCNC(=N)N)C(=O)N[C@H](C(=O)N[C@@H](CCCNC(=N)N)C(=O)N[C@@H](Cc1c[nH]c2ccccc12)C(=O)O)CSCCC3=O. The number of carbonyl (C=O) groups excluding carboxylic acids is 17. The predicted octanol–water partition coefficient (Wildman–Crippen LogP) is -6.38. The second-order valence-electron chi connectivity index (χ2n) is 37.2. The normalized spacial score (nSPS) is 22.5. The standard InChI is InChI=1S/C93H148N34O19S3/c1-5-52(4)74-87(144)127-37-16-26-69(127)86(143)122-68-47-149-40-31-73(131)126-49-124(71(129)29-38-147-45-66(120-75(132)56(94)20-11-32-106-89(96)97)85(142)118-64(42-53-17-7-6-8-18-53)82(139)113-61(80(137)123-74)25-15-36-110-93(104)105)48-125(50-126)72(130)30-39-148-46-67(83(140)115-59(23-13-34-108-91(100)101)77(134)119-65(88(145)146)43-54-44-111-57-21-10-9-19-55(54)57)121-78(135)60(24-14-35-109-92(102)103)112-81(138)63(41-51(2)3)117-79(136)62(27-28-70(95)128)116-76(133)58(114-84(68)141)22-12-33-107-90(98)99/h6-10,17-19,21,44,51-52,56,58-69,74,111H,5,11-16,20,22-43,45-50,94H2,1-4H3,(H2,95,128)(H,112,138)(H,113,139)(H,114,141)(H,115,140)(H,116,133)(H,117,136)(H,118,142)(H,119,134)(H,120,132)(H,121,135)(H,122,143)(H,123,137)(H,145,146)(H4,96,97,106)(H4,98,99,107)(H4,100,101,108)(H4,102,103,109)(H4,104,105,110)/t52-,56-,58-,59-,60-,61-,62-,63-,64-,65-,66-,67-,68-,69-,74-/m0/s1. The number of aromatic amines is 1. The van der Waals surface area contributed by atoms with Gasteiger partial charge in [-0.15, -0.1) is 0 Å². The highest BCUT2D eigenvalue weighted by Gasteiger charge is 2.44. The fourth-order valence-corrected chi connectivity index (χ4v) is 19.5. The zero-order chi connectivity index (χ0) is 110. The topological polar surface area (TPSA) is 862 Å². The molecule has 56 heteroatoms. The lowest BCUT2D eigenvalue weighted by Crippen LogP contribution is -2.62. The van der Waals surface area contributed by atoms with Crippen LogP contribution in [0.25, 0.3) is 10.9 Å². The minimum absolute atomic E-state index is 0.00720. The third kappa shape index (κ3) is 42.2. The van der Waals surface area contributed by atoms with Crippen molar-refractivity contribution >= 4 is 182 Å². The first-order valence-electron chi connectivity index (χ1n) is 49.7. The van der Waals surface area contributed by atoms with Crippen LogP contribution in [-0.2, 0) is 99.1 Å². The molecule has 38 N–H and O–H groups in total. The number of aromatic nitrogens is 1. The number of para-hydroxylation sites is 1. The van der Waals surface area contributed by atoms with Gasteiger partial charge in [0.15, 0.2) is 29.8 Å². The number of primary amides is 1. The van der Waals surface area contributed by atoms with E-state index in [1.807, 2.05) is 0 Å². The van der Waals surface area contributed by atoms with Crippen LogP contribution < -0.4 is 131 Å². The molecule has 7 rings (SSSR count). The molecule has 0 radical (unpaired) electrons. The monoisotopic (exact) mass is 2140 g/mol. The summed E-state index contributed by atoms with van der Waals surface area (Å²) in [7, 11) is 0. The first-order valence-corrected chi connectivity index (χ1v) is 53.1. The van der Waals surface area contributed by atoms with Crippen LogP contribution in [-0.4, -0.2) is 344 Å². The summed E-state index contributed by atoms with van der Waals surface area (Å²) in [5.41, 5.74) is 41.9. The summed E-state index contributed by atoms with van der Waals surface area (Å²) in [6.07, 6.45) is -1.80. The Balaban J connectivity index is 1.38. The minimum atomic E-state index is -1.78. The van der Waals surface area contributed by atoms with Crippen LogP contribution in [0.15, 0.2) is 60.8 Å². The molecule has 0 spiro atoms. The summed E-state index contributed by atoms with van der Waals surface area (Å²) >= 11 is 2.86. The molecular formula is C93H148N34O19S3. The third-order valence-corrected chi connectivity index (χ3v) is 28.1. The number of amides is 17. The van der Waals surface area contributed by atoms with E-state index in [2.05, 4.69) is 95.4 Å². The molecule has 3 aromatic rings. The molecule has 149 heavy (non-hydrogen) atoms. The van der Waals surface area contributed by atoms with E-state index in [9.17, 15) is 24.3 Å². The summed E-state index contributed by atoms with van der Waals surface area (Å²) < 4.78 is 0. The van der Waals surface area contributed by atoms with Gasteiger partial charge in [0.1, 0.15) is 78.5 Å². The lowest BCUT2D eigenvalue weighted by atomic mass is 9.96. The highest BCUT2D eigenvalue weighted by Crippen LogP contribution is 2.26. The number of nitrogens with zero attached hydrogens (tertiary/aromatic N) is 4. The van der Waals surface area contributed by atoms with Crippen molar-refractivity contribution in [3.8, 4) is 0 Å². The number of carbonyl (C=O) groups is 18. The summed E-state index contributed by atoms with van der Waals surface area (Å²) in [6.45, 7) is 5.29. The van der Waals surface area contributed by atoms with Crippen molar-refractivity contribution in [2.24, 2.45) is 52.0 Å². The summed E-state index contributed by atoms with van der Waals surface area (Å²) in [5.74, 6) is -22.0. The van der Waals surface area contributed by atoms with Gasteiger partial charge in [-0.25, -0.2) is 4.79 Å². The number of thioether (sulfide) groups is 3. The molecular weight excluding hydrogens is 1990 g/mol. The van der Waals surface area contributed by atoms with E-state index >= 15 is 67.1 Å². The van der Waals surface area contributed by atoms with Crippen LogP contribution in [0, 0.1) is 38.9 Å². The summed E-state index contributed by atoms with van der Waals surface area (Å²) in [5, 5.41) is 95.8. The van der Waals surface area contributed by atoms with Crippen molar-refractivity contribution < 1.29 is 91.4 Å². The van der Waals surface area contributed by atoms with Gasteiger partial charge in [-0.3, -0.25) is 109 Å². The van der Waals surface area contributed by atoms with Crippen molar-refractivity contribution in [2.45, 2.75) is 247 Å². The van der Waals surface area contributed by atoms with Gasteiger partial charge in [0.2, 0.25) is 100 Å². The average molecular weight is 2140 g/mol. The maximum atomic E-state index is 15.5. The molecule has 5 heterocycles. The second-order valence-corrected chi connectivity index (χ2v) is 40.6. The number of carboxylic acids is 1. The molecule has 4 aliphatic heterocycles. The molecule has 17 amide bonds. The number of H-pyrrole nitrogens is 1. The van der Waals surface area contributed by atoms with Crippen LogP contribution in [0.2, 0.25) is 0 Å². The van der Waals surface area contributed by atoms with E-state index in [4.69, 9.17) is 67.2 Å². The fourth-order valence-electron chi connectivity index (χ4n) is 16.7. The molecule has 822 valence electrons. The van der Waals surface area contributed by atoms with Gasteiger partial charge in [-0.05, 0) is 119 Å². The molecule has 15 atom stereocenters. The van der Waals surface area contributed by atoms with Gasteiger partial charge in [0.25, 0.3) is 0 Å². The lowest BCUT2D eigenvalue weighted by molar-refractivity contribution is -0.158. The molecule has 4 fully saturated rings. The zero-order valence-electron chi connectivity index (χ0n) is 84.3. The molecule has 4 bridgehead atoms. The van der Waals surface area contributed by atoms with E-state index in [0.29, 0.717) is 22.0 Å². The van der Waals surface area contributed by atoms with Crippen LogP contribution in [0.1, 0.15) is 161 Å². The number of hydrogen-bond acceptors (Lipinski definition) is 27. The Morgan fingerprint density at radius 1 is 0.490 bits per heavy atom. The molecule has 0 saturated carbocycles. The number of nitrogens with one attached hydrogen (secondary N) is 23. The molecule has 4 aliphatic rings. The molecule has 4 saturated heterocycles. The van der Waals surface area contributed by atoms with Crippen molar-refractivity contribution in [1.29, 1.82) is 27.0 Å². The van der Waals surface area contributed by atoms with Crippen LogP contribution in [0.5, 0.6) is 0 Å². The Bertz CT molecular complexity index is 5160. The third-order valence-electron chi connectivity index (χ3n) is 24.9. The van der Waals surface area contributed by atoms with Crippen molar-refractivity contribution in [3.05, 3.63) is 71.9 Å². The van der Waals surface area contributed by atoms with Gasteiger partial charge < -0.3 is 160 Å². The first-order chi connectivity index (χ1) is 70.9. The van der Waals surface area contributed by atoms with Gasteiger partial charge in [-0.1, -0.05) is 82.6 Å². The van der Waals surface area contributed by atoms with Crippen molar-refractivity contribution in [3.63, 3.8) is 0 Å². The smallest absolute Gasteiger partial charge is 0.326 e. The van der Waals surface area contributed by atoms with Crippen molar-refractivity contribution in [2.75, 3.05) is 93.8 Å². The largest absolute Gasteiger partial charge is 0.480 e. The van der Waals surface area contributed by atoms with Gasteiger partial charge >= 0.3 is 5.97 Å². The van der Waals surface area contributed by atoms with Gasteiger partial charge in [0.05, 0.1) is 26.0 Å². The minimum Gasteiger partial charge on any atom is -0.480 e. The lowest BCUT2D eigenvalue weighted by Gasteiger charge is -2.42. The Hall–Kier alpha value is -14.2.